The number of thioether (sulfide) groups is 1. The third-order valence-electron chi connectivity index (χ3n) is 3.77. The zero-order valence-corrected chi connectivity index (χ0v) is 11.2. The summed E-state index contributed by atoms with van der Waals surface area (Å²) in [5.41, 5.74) is 0. The molecule has 2 amide bonds. The molecule has 0 bridgehead atoms. The molecule has 6 heteroatoms. The Hall–Kier alpha value is -0.750. The normalized spacial score (nSPS) is 27.8. The van der Waals surface area contributed by atoms with E-state index in [0.717, 1.165) is 19.3 Å². The largest absolute Gasteiger partial charge is 0.396 e. The first-order valence-electron chi connectivity index (χ1n) is 6.43. The lowest BCUT2D eigenvalue weighted by atomic mass is 9.97. The summed E-state index contributed by atoms with van der Waals surface area (Å²) < 4.78 is 0. The molecule has 0 spiro atoms. The van der Waals surface area contributed by atoms with Crippen molar-refractivity contribution in [1.82, 2.24) is 10.2 Å². The number of hydrogen-bond acceptors (Lipinski definition) is 4. The Morgan fingerprint density at radius 3 is 2.89 bits per heavy atom. The van der Waals surface area contributed by atoms with Crippen molar-refractivity contribution in [3.05, 3.63) is 0 Å². The summed E-state index contributed by atoms with van der Waals surface area (Å²) in [5.74, 6) is 1.79. The molecule has 2 unspecified atom stereocenters. The summed E-state index contributed by atoms with van der Waals surface area (Å²) in [5, 5.41) is 12.1. The highest BCUT2D eigenvalue weighted by atomic mass is 32.2. The molecule has 1 aliphatic carbocycles. The molecule has 2 aliphatic rings. The molecule has 1 saturated heterocycles. The number of rotatable bonds is 5. The zero-order valence-electron chi connectivity index (χ0n) is 10.4. The Kier molecular flexibility index (Phi) is 4.88. The number of nitrogens with one attached hydrogen (secondary N) is 1. The second-order valence-corrected chi connectivity index (χ2v) is 5.96. The Balaban J connectivity index is 1.69. The van der Waals surface area contributed by atoms with Crippen molar-refractivity contribution in [1.29, 1.82) is 0 Å². The summed E-state index contributed by atoms with van der Waals surface area (Å²) in [7, 11) is 0. The van der Waals surface area contributed by atoms with Gasteiger partial charge >= 0.3 is 0 Å². The van der Waals surface area contributed by atoms with Gasteiger partial charge in [-0.2, -0.15) is 0 Å². The maximum absolute atomic E-state index is 11.7. The van der Waals surface area contributed by atoms with Crippen LogP contribution in [0.1, 0.15) is 19.3 Å². The van der Waals surface area contributed by atoms with Gasteiger partial charge in [-0.3, -0.25) is 9.59 Å². The first kappa shape index (κ1) is 13.7. The van der Waals surface area contributed by atoms with Gasteiger partial charge in [-0.05, 0) is 24.7 Å². The van der Waals surface area contributed by atoms with Crippen LogP contribution in [-0.4, -0.2) is 53.1 Å². The first-order chi connectivity index (χ1) is 8.70. The van der Waals surface area contributed by atoms with Gasteiger partial charge in [0.1, 0.15) is 6.54 Å². The predicted octanol–water partition coefficient (Wildman–Crippen LogP) is 0.0441. The molecule has 1 heterocycles. The van der Waals surface area contributed by atoms with Gasteiger partial charge in [-0.15, -0.1) is 11.8 Å². The Morgan fingerprint density at radius 2 is 2.22 bits per heavy atom. The minimum atomic E-state index is -0.0885. The molecule has 1 aliphatic heterocycles. The Labute approximate surface area is 111 Å². The average Bonchev–Trinajstić information content (AvgIpc) is 2.96. The third-order valence-corrected chi connectivity index (χ3v) is 4.72. The van der Waals surface area contributed by atoms with Gasteiger partial charge in [0.05, 0.1) is 11.6 Å². The summed E-state index contributed by atoms with van der Waals surface area (Å²) in [6, 6.07) is 0. The topological polar surface area (TPSA) is 69.6 Å². The SMILES string of the molecule is O=C(CN1CSCC1=O)NCC1CCCC1CO. The molecule has 1 saturated carbocycles. The Bertz CT molecular complexity index is 324. The molecule has 18 heavy (non-hydrogen) atoms. The number of aliphatic hydroxyl groups is 1. The number of aliphatic hydroxyl groups excluding tert-OH is 1. The molecule has 2 N–H and O–H groups in total. The van der Waals surface area contributed by atoms with E-state index < -0.39 is 0 Å². The standard InChI is InChI=1S/C12H20N2O3S/c15-6-10-3-1-2-9(10)4-13-11(16)5-14-8-18-7-12(14)17/h9-10,15H,1-8H2,(H,13,16). The number of carbonyl (C=O) groups is 2. The van der Waals surface area contributed by atoms with E-state index in [9.17, 15) is 14.7 Å². The van der Waals surface area contributed by atoms with Crippen LogP contribution in [0, 0.1) is 11.8 Å². The summed E-state index contributed by atoms with van der Waals surface area (Å²) in [6.07, 6.45) is 3.26. The quantitative estimate of drug-likeness (QED) is 0.741. The third kappa shape index (κ3) is 3.38. The van der Waals surface area contributed by atoms with Gasteiger partial charge < -0.3 is 15.3 Å². The van der Waals surface area contributed by atoms with E-state index >= 15 is 0 Å². The van der Waals surface area contributed by atoms with Crippen LogP contribution in [-0.2, 0) is 9.59 Å². The van der Waals surface area contributed by atoms with Gasteiger partial charge in [-0.1, -0.05) is 6.42 Å². The minimum Gasteiger partial charge on any atom is -0.396 e. The van der Waals surface area contributed by atoms with Crippen molar-refractivity contribution in [2.75, 3.05) is 31.3 Å². The summed E-state index contributed by atoms with van der Waals surface area (Å²) >= 11 is 1.54. The van der Waals surface area contributed by atoms with Crippen molar-refractivity contribution in [3.63, 3.8) is 0 Å². The summed E-state index contributed by atoms with van der Waals surface area (Å²) in [6.45, 7) is 1.00. The van der Waals surface area contributed by atoms with Crippen molar-refractivity contribution in [2.45, 2.75) is 19.3 Å². The van der Waals surface area contributed by atoms with Gasteiger partial charge in [0.2, 0.25) is 11.8 Å². The highest BCUT2D eigenvalue weighted by Gasteiger charge is 2.27. The van der Waals surface area contributed by atoms with Crippen molar-refractivity contribution in [2.24, 2.45) is 11.8 Å². The van der Waals surface area contributed by atoms with E-state index in [-0.39, 0.29) is 25.0 Å². The van der Waals surface area contributed by atoms with Crippen LogP contribution in [0.2, 0.25) is 0 Å². The molecule has 0 aromatic carbocycles. The molecule has 102 valence electrons. The Morgan fingerprint density at radius 1 is 1.44 bits per heavy atom. The zero-order chi connectivity index (χ0) is 13.0. The molecule has 2 atom stereocenters. The van der Waals surface area contributed by atoms with E-state index in [0.29, 0.717) is 30.0 Å². The number of hydrogen-bond donors (Lipinski definition) is 2. The van der Waals surface area contributed by atoms with E-state index in [1.54, 1.807) is 16.7 Å². The molecular weight excluding hydrogens is 252 g/mol. The van der Waals surface area contributed by atoms with Gasteiger partial charge in [0, 0.05) is 13.2 Å². The monoisotopic (exact) mass is 272 g/mol. The smallest absolute Gasteiger partial charge is 0.239 e. The highest BCUT2D eigenvalue weighted by molar-refractivity contribution is 8.00. The van der Waals surface area contributed by atoms with Crippen molar-refractivity contribution < 1.29 is 14.7 Å². The molecule has 2 fully saturated rings. The first-order valence-corrected chi connectivity index (χ1v) is 7.59. The molecular formula is C12H20N2O3S. The molecule has 0 aromatic rings. The maximum Gasteiger partial charge on any atom is 0.239 e. The fraction of sp³-hybridized carbons (Fsp3) is 0.833. The average molecular weight is 272 g/mol. The van der Waals surface area contributed by atoms with Crippen LogP contribution in [0.4, 0.5) is 0 Å². The van der Waals surface area contributed by atoms with Gasteiger partial charge in [0.15, 0.2) is 0 Å². The molecule has 5 nitrogen and oxygen atoms in total. The van der Waals surface area contributed by atoms with Crippen molar-refractivity contribution in [3.8, 4) is 0 Å². The highest BCUT2D eigenvalue weighted by Crippen LogP contribution is 2.30. The van der Waals surface area contributed by atoms with Crippen molar-refractivity contribution >= 4 is 23.6 Å². The van der Waals surface area contributed by atoms with Gasteiger partial charge in [-0.25, -0.2) is 0 Å². The van der Waals surface area contributed by atoms with Crippen LogP contribution in [0.5, 0.6) is 0 Å². The van der Waals surface area contributed by atoms with Crippen LogP contribution >= 0.6 is 11.8 Å². The van der Waals surface area contributed by atoms with Crippen LogP contribution in [0.15, 0.2) is 0 Å². The van der Waals surface area contributed by atoms with Crippen LogP contribution in [0.25, 0.3) is 0 Å². The lowest BCUT2D eigenvalue weighted by Gasteiger charge is -2.19. The van der Waals surface area contributed by atoms with E-state index in [2.05, 4.69) is 5.32 Å². The van der Waals surface area contributed by atoms with E-state index in [1.165, 1.54) is 0 Å². The fourth-order valence-electron chi connectivity index (χ4n) is 2.64. The fourth-order valence-corrected chi connectivity index (χ4v) is 3.54. The molecule has 0 aromatic heterocycles. The lowest BCUT2D eigenvalue weighted by molar-refractivity contribution is -0.132. The second kappa shape index (κ2) is 6.43. The maximum atomic E-state index is 11.7. The minimum absolute atomic E-state index is 0.0456. The number of carbonyl (C=O) groups excluding carboxylic acids is 2. The number of nitrogens with zero attached hydrogens (tertiary/aromatic N) is 1. The second-order valence-electron chi connectivity index (χ2n) is 5.01. The van der Waals surface area contributed by atoms with Crippen LogP contribution < -0.4 is 5.32 Å². The molecule has 2 rings (SSSR count). The van der Waals surface area contributed by atoms with Gasteiger partial charge in [0.25, 0.3) is 0 Å². The van der Waals surface area contributed by atoms with Crippen LogP contribution in [0.3, 0.4) is 0 Å². The number of amides is 2. The summed E-state index contributed by atoms with van der Waals surface area (Å²) in [4.78, 5) is 24.7. The predicted molar refractivity (Wildman–Crippen MR) is 70.0 cm³/mol. The van der Waals surface area contributed by atoms with E-state index in [1.807, 2.05) is 0 Å². The van der Waals surface area contributed by atoms with E-state index in [4.69, 9.17) is 0 Å². The lowest BCUT2D eigenvalue weighted by Crippen LogP contribution is -2.40. The molecule has 0 radical (unpaired) electrons.